The molecule has 0 aliphatic rings. The average molecular weight is 241 g/mol. The van der Waals surface area contributed by atoms with Crippen LogP contribution in [0.25, 0.3) is 0 Å². The zero-order valence-electron chi connectivity index (χ0n) is 9.52. The van der Waals surface area contributed by atoms with Gasteiger partial charge in [0.1, 0.15) is 0 Å². The molecule has 88 valence electrons. The molecule has 0 aliphatic heterocycles. The number of primary amides is 1. The van der Waals surface area contributed by atoms with Gasteiger partial charge in [-0.3, -0.25) is 4.79 Å². The average Bonchev–Trinajstić information content (AvgIpc) is 2.16. The van der Waals surface area contributed by atoms with Crippen LogP contribution in [0.3, 0.4) is 0 Å². The fourth-order valence-electron chi connectivity index (χ4n) is 1.34. The molecule has 0 fully saturated rings. The van der Waals surface area contributed by atoms with Crippen molar-refractivity contribution in [2.45, 2.75) is 30.9 Å². The molecule has 1 aromatic carbocycles. The molecule has 0 bridgehead atoms. The van der Waals surface area contributed by atoms with Gasteiger partial charge in [-0.2, -0.15) is 0 Å². The summed E-state index contributed by atoms with van der Waals surface area (Å²) in [6.07, 6.45) is 0. The van der Waals surface area contributed by atoms with E-state index < -0.39 is 21.0 Å². The second kappa shape index (κ2) is 4.25. The topological polar surface area (TPSA) is 77.2 Å². The van der Waals surface area contributed by atoms with Crippen molar-refractivity contribution in [1.82, 2.24) is 0 Å². The van der Waals surface area contributed by atoms with Crippen LogP contribution < -0.4 is 5.73 Å². The van der Waals surface area contributed by atoms with E-state index in [4.69, 9.17) is 5.73 Å². The molecular weight excluding hydrogens is 226 g/mol. The van der Waals surface area contributed by atoms with E-state index in [0.29, 0.717) is 0 Å². The summed E-state index contributed by atoms with van der Waals surface area (Å²) in [5.41, 5.74) is 6.04. The fourth-order valence-corrected chi connectivity index (χ4v) is 2.57. The lowest BCUT2D eigenvalue weighted by molar-refractivity contribution is 0.0997. The van der Waals surface area contributed by atoms with Gasteiger partial charge < -0.3 is 5.73 Å². The molecule has 0 aromatic heterocycles. The van der Waals surface area contributed by atoms with Crippen LogP contribution in [0, 0.1) is 6.92 Å². The van der Waals surface area contributed by atoms with Crippen molar-refractivity contribution >= 4 is 15.7 Å². The number of benzene rings is 1. The van der Waals surface area contributed by atoms with Crippen LogP contribution in [-0.4, -0.2) is 19.6 Å². The summed E-state index contributed by atoms with van der Waals surface area (Å²) in [6, 6.07) is 4.59. The van der Waals surface area contributed by atoms with Gasteiger partial charge in [-0.15, -0.1) is 0 Å². The van der Waals surface area contributed by atoms with Crippen molar-refractivity contribution < 1.29 is 13.2 Å². The van der Waals surface area contributed by atoms with Crippen molar-refractivity contribution in [2.24, 2.45) is 5.73 Å². The highest BCUT2D eigenvalue weighted by atomic mass is 32.2. The molecule has 0 atom stereocenters. The molecule has 0 spiro atoms. The van der Waals surface area contributed by atoms with Gasteiger partial charge in [-0.25, -0.2) is 8.42 Å². The molecule has 0 radical (unpaired) electrons. The summed E-state index contributed by atoms with van der Waals surface area (Å²) in [7, 11) is -3.47. The summed E-state index contributed by atoms with van der Waals surface area (Å²) in [6.45, 7) is 4.91. The van der Waals surface area contributed by atoms with E-state index in [1.165, 1.54) is 12.1 Å². The second-order valence-corrected chi connectivity index (χ2v) is 6.43. The van der Waals surface area contributed by atoms with Crippen LogP contribution in [0.5, 0.6) is 0 Å². The summed E-state index contributed by atoms with van der Waals surface area (Å²) in [5, 5.41) is -0.576. The molecule has 0 saturated heterocycles. The maximum atomic E-state index is 12.0. The standard InChI is InChI=1S/C11H15NO3S/c1-7(2)16(14,15)10-5-4-8(3)6-9(10)11(12)13/h4-7H,1-3H3,(H2,12,13). The van der Waals surface area contributed by atoms with Gasteiger partial charge in [-0.1, -0.05) is 11.6 Å². The third-order valence-electron chi connectivity index (χ3n) is 2.33. The number of hydrogen-bond donors (Lipinski definition) is 1. The largest absolute Gasteiger partial charge is 0.366 e. The van der Waals surface area contributed by atoms with Crippen LogP contribution in [0.2, 0.25) is 0 Å². The Hall–Kier alpha value is -1.36. The molecule has 2 N–H and O–H groups in total. The van der Waals surface area contributed by atoms with Crippen LogP contribution in [0.4, 0.5) is 0 Å². The Kier molecular flexibility index (Phi) is 3.38. The molecule has 16 heavy (non-hydrogen) atoms. The van der Waals surface area contributed by atoms with Crippen LogP contribution in [-0.2, 0) is 9.84 Å². The summed E-state index contributed by atoms with van der Waals surface area (Å²) >= 11 is 0. The molecule has 0 saturated carbocycles. The first-order chi connectivity index (χ1) is 7.26. The molecule has 0 heterocycles. The Labute approximate surface area is 95.4 Å². The van der Waals surface area contributed by atoms with Crippen LogP contribution in [0.1, 0.15) is 29.8 Å². The summed E-state index contributed by atoms with van der Waals surface area (Å²) < 4.78 is 23.9. The van der Waals surface area contributed by atoms with E-state index >= 15 is 0 Å². The van der Waals surface area contributed by atoms with Gasteiger partial charge in [-0.05, 0) is 32.9 Å². The minimum atomic E-state index is -3.47. The smallest absolute Gasteiger partial charge is 0.250 e. The monoisotopic (exact) mass is 241 g/mol. The van der Waals surface area contributed by atoms with E-state index in [2.05, 4.69) is 0 Å². The zero-order valence-corrected chi connectivity index (χ0v) is 10.3. The Morgan fingerprint density at radius 1 is 1.31 bits per heavy atom. The Bertz CT molecular complexity index is 518. The number of nitrogens with two attached hydrogens (primary N) is 1. The number of amides is 1. The van der Waals surface area contributed by atoms with Crippen molar-refractivity contribution in [3.05, 3.63) is 29.3 Å². The molecule has 0 unspecified atom stereocenters. The van der Waals surface area contributed by atoms with Gasteiger partial charge in [0.05, 0.1) is 15.7 Å². The normalized spacial score (nSPS) is 11.8. The maximum Gasteiger partial charge on any atom is 0.250 e. The molecule has 1 amide bonds. The lowest BCUT2D eigenvalue weighted by atomic mass is 10.1. The van der Waals surface area contributed by atoms with Gasteiger partial charge in [0.2, 0.25) is 5.91 Å². The van der Waals surface area contributed by atoms with Crippen molar-refractivity contribution in [3.63, 3.8) is 0 Å². The third kappa shape index (κ3) is 2.24. The lowest BCUT2D eigenvalue weighted by Crippen LogP contribution is -2.21. The van der Waals surface area contributed by atoms with Crippen LogP contribution in [0.15, 0.2) is 23.1 Å². The van der Waals surface area contributed by atoms with E-state index in [-0.39, 0.29) is 10.5 Å². The van der Waals surface area contributed by atoms with Gasteiger partial charge in [0.15, 0.2) is 9.84 Å². The Morgan fingerprint density at radius 2 is 1.88 bits per heavy atom. The summed E-state index contributed by atoms with van der Waals surface area (Å²) in [4.78, 5) is 11.2. The Balaban J connectivity index is 3.52. The third-order valence-corrected chi connectivity index (χ3v) is 4.54. The molecule has 1 rings (SSSR count). The van der Waals surface area contributed by atoms with Crippen molar-refractivity contribution in [3.8, 4) is 0 Å². The highest BCUT2D eigenvalue weighted by Gasteiger charge is 2.24. The van der Waals surface area contributed by atoms with Crippen LogP contribution >= 0.6 is 0 Å². The van der Waals surface area contributed by atoms with Gasteiger partial charge >= 0.3 is 0 Å². The quantitative estimate of drug-likeness (QED) is 0.865. The fraction of sp³-hybridized carbons (Fsp3) is 0.364. The zero-order chi connectivity index (χ0) is 12.5. The van der Waals surface area contributed by atoms with E-state index in [1.807, 2.05) is 0 Å². The first kappa shape index (κ1) is 12.7. The molecule has 5 heteroatoms. The number of carbonyl (C=O) groups is 1. The highest BCUT2D eigenvalue weighted by molar-refractivity contribution is 7.92. The van der Waals surface area contributed by atoms with E-state index in [9.17, 15) is 13.2 Å². The maximum absolute atomic E-state index is 12.0. The van der Waals surface area contributed by atoms with E-state index in [0.717, 1.165) is 5.56 Å². The summed E-state index contributed by atoms with van der Waals surface area (Å²) in [5.74, 6) is -0.720. The lowest BCUT2D eigenvalue weighted by Gasteiger charge is -2.11. The number of sulfone groups is 1. The van der Waals surface area contributed by atoms with Crippen molar-refractivity contribution in [2.75, 3.05) is 0 Å². The van der Waals surface area contributed by atoms with Gasteiger partial charge in [0.25, 0.3) is 0 Å². The number of hydrogen-bond acceptors (Lipinski definition) is 3. The minimum Gasteiger partial charge on any atom is -0.366 e. The first-order valence-corrected chi connectivity index (χ1v) is 6.46. The number of aryl methyl sites for hydroxylation is 1. The Morgan fingerprint density at radius 3 is 2.31 bits per heavy atom. The molecular formula is C11H15NO3S. The predicted octanol–water partition coefficient (Wildman–Crippen LogP) is 1.28. The van der Waals surface area contributed by atoms with Crippen molar-refractivity contribution in [1.29, 1.82) is 0 Å². The first-order valence-electron chi connectivity index (χ1n) is 4.91. The highest BCUT2D eigenvalue weighted by Crippen LogP contribution is 2.21. The number of rotatable bonds is 3. The van der Waals surface area contributed by atoms with Gasteiger partial charge in [0, 0.05) is 0 Å². The molecule has 4 nitrogen and oxygen atoms in total. The predicted molar refractivity (Wildman–Crippen MR) is 62.0 cm³/mol. The number of carbonyl (C=O) groups excluding carboxylic acids is 1. The van der Waals surface area contributed by atoms with E-state index in [1.54, 1.807) is 26.8 Å². The molecule has 1 aromatic rings. The SMILES string of the molecule is Cc1ccc(S(=O)(=O)C(C)C)c(C(N)=O)c1. The minimum absolute atomic E-state index is 0.0144. The molecule has 0 aliphatic carbocycles. The second-order valence-electron chi connectivity index (χ2n) is 3.96.